The van der Waals surface area contributed by atoms with Crippen molar-refractivity contribution in [3.8, 4) is 17.2 Å². The molecule has 1 fully saturated rings. The number of carbonyl (C=O) groups excluding carboxylic acids is 1. The maximum Gasteiger partial charge on any atom is 0.254 e. The van der Waals surface area contributed by atoms with Gasteiger partial charge in [-0.15, -0.1) is 0 Å². The van der Waals surface area contributed by atoms with Gasteiger partial charge in [-0.1, -0.05) is 25.5 Å². The van der Waals surface area contributed by atoms with Gasteiger partial charge in [0.25, 0.3) is 5.91 Å². The van der Waals surface area contributed by atoms with Crippen LogP contribution in [0.2, 0.25) is 0 Å². The van der Waals surface area contributed by atoms with Gasteiger partial charge in [-0.05, 0) is 55.2 Å². The van der Waals surface area contributed by atoms with Crippen molar-refractivity contribution in [3.63, 3.8) is 0 Å². The van der Waals surface area contributed by atoms with Gasteiger partial charge in [0.15, 0.2) is 11.5 Å². The Morgan fingerprint density at radius 2 is 1.79 bits per heavy atom. The quantitative estimate of drug-likeness (QED) is 0.559. The summed E-state index contributed by atoms with van der Waals surface area (Å²) in [5.74, 6) is 2.12. The zero-order valence-corrected chi connectivity index (χ0v) is 16.9. The number of hydrogen-bond donors (Lipinski definition) is 0. The first-order chi connectivity index (χ1) is 13.7. The van der Waals surface area contributed by atoms with Crippen LogP contribution in [-0.4, -0.2) is 37.7 Å². The highest BCUT2D eigenvalue weighted by Crippen LogP contribution is 2.33. The van der Waals surface area contributed by atoms with E-state index in [-0.39, 0.29) is 5.91 Å². The molecule has 150 valence electrons. The van der Waals surface area contributed by atoms with Crippen LogP contribution >= 0.6 is 0 Å². The number of carbonyl (C=O) groups is 1. The summed E-state index contributed by atoms with van der Waals surface area (Å²) in [7, 11) is 3.25. The van der Waals surface area contributed by atoms with Crippen LogP contribution in [0.15, 0.2) is 42.5 Å². The Hall–Kier alpha value is -2.69. The summed E-state index contributed by atoms with van der Waals surface area (Å²) >= 11 is 0. The van der Waals surface area contributed by atoms with Crippen molar-refractivity contribution < 1.29 is 19.0 Å². The lowest BCUT2D eigenvalue weighted by atomic mass is 10.1. The molecule has 0 aliphatic heterocycles. The van der Waals surface area contributed by atoms with Crippen LogP contribution in [0.25, 0.3) is 0 Å². The number of nitrogens with zero attached hydrogens (tertiary/aromatic N) is 1. The average Bonchev–Trinajstić information content (AvgIpc) is 3.57. The zero-order chi connectivity index (χ0) is 19.9. The normalized spacial score (nSPS) is 13.1. The van der Waals surface area contributed by atoms with Crippen molar-refractivity contribution in [1.29, 1.82) is 0 Å². The van der Waals surface area contributed by atoms with Crippen LogP contribution in [0.4, 0.5) is 0 Å². The molecule has 0 saturated heterocycles. The first-order valence-electron chi connectivity index (χ1n) is 9.91. The Balaban J connectivity index is 1.75. The lowest BCUT2D eigenvalue weighted by Crippen LogP contribution is -2.32. The molecule has 5 nitrogen and oxygen atoms in total. The second kappa shape index (κ2) is 9.49. The van der Waals surface area contributed by atoms with Crippen molar-refractivity contribution in [2.45, 2.75) is 45.2 Å². The summed E-state index contributed by atoms with van der Waals surface area (Å²) in [6, 6.07) is 13.6. The number of ether oxygens (including phenoxy) is 3. The minimum atomic E-state index is 0.0247. The predicted octanol–water partition coefficient (Wildman–Crippen LogP) is 4.69. The third-order valence-electron chi connectivity index (χ3n) is 4.93. The topological polar surface area (TPSA) is 48.0 Å². The van der Waals surface area contributed by atoms with Crippen molar-refractivity contribution in [2.75, 3.05) is 20.8 Å². The van der Waals surface area contributed by atoms with E-state index in [2.05, 4.69) is 6.92 Å². The van der Waals surface area contributed by atoms with E-state index in [1.807, 2.05) is 41.3 Å². The number of hydrogen-bond acceptors (Lipinski definition) is 4. The molecule has 2 aromatic rings. The van der Waals surface area contributed by atoms with Gasteiger partial charge in [0.1, 0.15) is 5.75 Å². The van der Waals surface area contributed by atoms with Crippen LogP contribution in [0.1, 0.15) is 48.5 Å². The van der Waals surface area contributed by atoms with Gasteiger partial charge >= 0.3 is 0 Å². The lowest BCUT2D eigenvalue weighted by molar-refractivity contribution is 0.0729. The Labute approximate surface area is 167 Å². The third kappa shape index (κ3) is 4.97. The highest BCUT2D eigenvalue weighted by atomic mass is 16.5. The number of benzene rings is 2. The fraction of sp³-hybridized carbons (Fsp3) is 0.435. The summed E-state index contributed by atoms with van der Waals surface area (Å²) in [6.07, 6.45) is 4.16. The molecule has 1 aliphatic carbocycles. The molecule has 3 rings (SSSR count). The molecule has 1 amide bonds. The van der Waals surface area contributed by atoms with Crippen LogP contribution in [-0.2, 0) is 6.54 Å². The number of unbranched alkanes of at least 4 members (excludes halogenated alkanes) is 1. The second-order valence-electron chi connectivity index (χ2n) is 7.08. The molecule has 0 unspecified atom stereocenters. The summed E-state index contributed by atoms with van der Waals surface area (Å²) in [6.45, 7) is 3.36. The third-order valence-corrected chi connectivity index (χ3v) is 4.93. The molecule has 0 N–H and O–H groups in total. The molecular formula is C23H29NO4. The van der Waals surface area contributed by atoms with Crippen LogP contribution in [0.5, 0.6) is 17.2 Å². The van der Waals surface area contributed by atoms with Crippen LogP contribution < -0.4 is 14.2 Å². The molecular weight excluding hydrogens is 354 g/mol. The van der Waals surface area contributed by atoms with Crippen molar-refractivity contribution >= 4 is 5.91 Å². The Morgan fingerprint density at radius 3 is 2.39 bits per heavy atom. The maximum absolute atomic E-state index is 13.2. The fourth-order valence-corrected chi connectivity index (χ4v) is 3.09. The molecule has 1 aliphatic rings. The summed E-state index contributed by atoms with van der Waals surface area (Å²) < 4.78 is 16.5. The summed E-state index contributed by atoms with van der Waals surface area (Å²) in [4.78, 5) is 15.2. The van der Waals surface area contributed by atoms with E-state index in [1.165, 1.54) is 0 Å². The summed E-state index contributed by atoms with van der Waals surface area (Å²) in [5.41, 5.74) is 1.72. The molecule has 0 radical (unpaired) electrons. The molecule has 0 bridgehead atoms. The minimum absolute atomic E-state index is 0.0247. The van der Waals surface area contributed by atoms with Crippen LogP contribution in [0, 0.1) is 0 Å². The molecule has 2 aromatic carbocycles. The van der Waals surface area contributed by atoms with Gasteiger partial charge in [0.2, 0.25) is 0 Å². The predicted molar refractivity (Wildman–Crippen MR) is 109 cm³/mol. The molecule has 0 heterocycles. The number of methoxy groups -OCH3 is 2. The number of rotatable bonds is 10. The number of amides is 1. The standard InChI is InChI=1S/C23H29NO4/c1-4-5-14-28-21-13-8-18(15-22(21)27-3)23(25)24(19-9-10-19)16-17-6-11-20(26-2)12-7-17/h6-8,11-13,15,19H,4-5,9-10,14,16H2,1-3H3. The average molecular weight is 383 g/mol. The van der Waals surface area contributed by atoms with Gasteiger partial charge in [-0.2, -0.15) is 0 Å². The van der Waals surface area contributed by atoms with E-state index in [1.54, 1.807) is 20.3 Å². The molecule has 5 heteroatoms. The smallest absolute Gasteiger partial charge is 0.254 e. The van der Waals surface area contributed by atoms with Crippen molar-refractivity contribution in [3.05, 3.63) is 53.6 Å². The first-order valence-corrected chi connectivity index (χ1v) is 9.91. The largest absolute Gasteiger partial charge is 0.497 e. The fourth-order valence-electron chi connectivity index (χ4n) is 3.09. The van der Waals surface area contributed by atoms with Gasteiger partial charge < -0.3 is 19.1 Å². The monoisotopic (exact) mass is 383 g/mol. The van der Waals surface area contributed by atoms with Gasteiger partial charge in [0.05, 0.1) is 20.8 Å². The Morgan fingerprint density at radius 1 is 1.04 bits per heavy atom. The van der Waals surface area contributed by atoms with E-state index in [9.17, 15) is 4.79 Å². The highest BCUT2D eigenvalue weighted by Gasteiger charge is 2.33. The molecule has 0 atom stereocenters. The minimum Gasteiger partial charge on any atom is -0.497 e. The molecule has 0 aromatic heterocycles. The Kier molecular flexibility index (Phi) is 6.80. The lowest BCUT2D eigenvalue weighted by Gasteiger charge is -2.23. The van der Waals surface area contributed by atoms with E-state index in [4.69, 9.17) is 14.2 Å². The first kappa shape index (κ1) is 20.1. The SMILES string of the molecule is CCCCOc1ccc(C(=O)N(Cc2ccc(OC)cc2)C2CC2)cc1OC. The van der Waals surface area contributed by atoms with Gasteiger partial charge in [0, 0.05) is 18.2 Å². The van der Waals surface area contributed by atoms with Gasteiger partial charge in [-0.3, -0.25) is 4.79 Å². The summed E-state index contributed by atoms with van der Waals surface area (Å²) in [5, 5.41) is 0. The van der Waals surface area contributed by atoms with Crippen molar-refractivity contribution in [2.24, 2.45) is 0 Å². The van der Waals surface area contributed by atoms with E-state index in [0.717, 1.165) is 37.0 Å². The molecule has 0 spiro atoms. The van der Waals surface area contributed by atoms with Crippen molar-refractivity contribution in [1.82, 2.24) is 4.90 Å². The Bertz CT molecular complexity index is 784. The van der Waals surface area contributed by atoms with E-state index < -0.39 is 0 Å². The van der Waals surface area contributed by atoms with E-state index in [0.29, 0.717) is 36.3 Å². The highest BCUT2D eigenvalue weighted by molar-refractivity contribution is 5.95. The molecule has 1 saturated carbocycles. The second-order valence-corrected chi connectivity index (χ2v) is 7.08. The molecule has 28 heavy (non-hydrogen) atoms. The van der Waals surface area contributed by atoms with Crippen LogP contribution in [0.3, 0.4) is 0 Å². The maximum atomic E-state index is 13.2. The zero-order valence-electron chi connectivity index (χ0n) is 16.9. The van der Waals surface area contributed by atoms with E-state index >= 15 is 0 Å². The van der Waals surface area contributed by atoms with Gasteiger partial charge in [-0.25, -0.2) is 0 Å².